The van der Waals surface area contributed by atoms with Gasteiger partial charge in [-0.15, -0.1) is 4.91 Å². The summed E-state index contributed by atoms with van der Waals surface area (Å²) < 4.78 is 4.68. The summed E-state index contributed by atoms with van der Waals surface area (Å²) in [6.45, 7) is 1.15. The van der Waals surface area contributed by atoms with Crippen LogP contribution in [0.4, 0.5) is 0 Å². The predicted molar refractivity (Wildman–Crippen MR) is 52.8 cm³/mol. The normalized spacial score (nSPS) is 17.4. The predicted octanol–water partition coefficient (Wildman–Crippen LogP) is 1.23. The second-order valence-corrected chi connectivity index (χ2v) is 3.73. The highest BCUT2D eigenvalue weighted by molar-refractivity contribution is 5.84. The number of nitroso groups, excluding NO2 is 1. The van der Waals surface area contributed by atoms with Crippen LogP contribution in [0.3, 0.4) is 0 Å². The highest BCUT2D eigenvalue weighted by Gasteiger charge is 2.24. The highest BCUT2D eigenvalue weighted by Crippen LogP contribution is 2.27. The van der Waals surface area contributed by atoms with Crippen molar-refractivity contribution in [3.63, 3.8) is 0 Å². The molecule has 0 bridgehead atoms. The van der Waals surface area contributed by atoms with Gasteiger partial charge in [0.15, 0.2) is 0 Å². The summed E-state index contributed by atoms with van der Waals surface area (Å²) in [6, 6.07) is 1.44. The molecule has 1 fully saturated rings. The van der Waals surface area contributed by atoms with Crippen molar-refractivity contribution in [1.29, 1.82) is 0 Å². The number of aromatic nitrogens is 1. The van der Waals surface area contributed by atoms with E-state index < -0.39 is 5.97 Å². The first-order valence-electron chi connectivity index (χ1n) is 4.99. The quantitative estimate of drug-likeness (QED) is 0.777. The number of piperidine rings is 1. The van der Waals surface area contributed by atoms with Gasteiger partial charge in [-0.1, -0.05) is 5.16 Å². The summed E-state index contributed by atoms with van der Waals surface area (Å²) in [5.74, 6) is -1.12. The smallest absolute Gasteiger partial charge is 0.374 e. The Hall–Kier alpha value is -1.92. The van der Waals surface area contributed by atoms with Gasteiger partial charge in [0.1, 0.15) is 0 Å². The summed E-state index contributed by atoms with van der Waals surface area (Å²) in [5, 5.41) is 16.7. The third-order valence-corrected chi connectivity index (χ3v) is 2.74. The van der Waals surface area contributed by atoms with Gasteiger partial charge in [0.05, 0.1) is 11.0 Å². The Balaban J connectivity index is 2.02. The van der Waals surface area contributed by atoms with Crippen LogP contribution in [-0.2, 0) is 0 Å². The van der Waals surface area contributed by atoms with Crippen LogP contribution in [0.25, 0.3) is 0 Å². The largest absolute Gasteiger partial charge is 0.475 e. The monoisotopic (exact) mass is 225 g/mol. The van der Waals surface area contributed by atoms with E-state index in [2.05, 4.69) is 15.0 Å². The number of carboxylic acid groups (broad SMARTS) is 1. The summed E-state index contributed by atoms with van der Waals surface area (Å²) in [7, 11) is 0. The van der Waals surface area contributed by atoms with Gasteiger partial charge in [0.2, 0.25) is 5.76 Å². The molecule has 1 aliphatic rings. The topological polar surface area (TPSA) is 96.0 Å². The lowest BCUT2D eigenvalue weighted by Gasteiger charge is -2.25. The Morgan fingerprint density at radius 2 is 2.25 bits per heavy atom. The zero-order valence-electron chi connectivity index (χ0n) is 8.50. The standard InChI is InChI=1S/C9H11N3O4/c13-9(14)8-5-7(10-16-8)6-1-3-12(11-15)4-2-6/h5-6H,1-4H2,(H,13,14). The molecule has 1 N–H and O–H groups in total. The molecule has 0 radical (unpaired) electrons. The van der Waals surface area contributed by atoms with Crippen LogP contribution >= 0.6 is 0 Å². The van der Waals surface area contributed by atoms with Crippen LogP contribution in [0.2, 0.25) is 0 Å². The molecule has 1 aliphatic heterocycles. The minimum Gasteiger partial charge on any atom is -0.475 e. The van der Waals surface area contributed by atoms with Gasteiger partial charge in [-0.2, -0.15) is 0 Å². The van der Waals surface area contributed by atoms with Gasteiger partial charge in [-0.3, -0.25) is 5.01 Å². The summed E-state index contributed by atoms with van der Waals surface area (Å²) in [4.78, 5) is 20.9. The van der Waals surface area contributed by atoms with Crippen LogP contribution in [-0.4, -0.2) is 34.3 Å². The van der Waals surface area contributed by atoms with Crippen LogP contribution in [0, 0.1) is 4.91 Å². The molecule has 0 amide bonds. The molecule has 0 unspecified atom stereocenters. The summed E-state index contributed by atoms with van der Waals surface area (Å²) >= 11 is 0. The van der Waals surface area contributed by atoms with E-state index in [0.717, 1.165) is 12.8 Å². The lowest BCUT2D eigenvalue weighted by atomic mass is 9.94. The molecule has 7 nitrogen and oxygen atoms in total. The minimum absolute atomic E-state index is 0.147. The Morgan fingerprint density at radius 1 is 1.56 bits per heavy atom. The molecule has 0 aromatic carbocycles. The van der Waals surface area contributed by atoms with Crippen molar-refractivity contribution < 1.29 is 14.4 Å². The van der Waals surface area contributed by atoms with E-state index >= 15 is 0 Å². The van der Waals surface area contributed by atoms with Crippen LogP contribution in [0.15, 0.2) is 15.9 Å². The first-order valence-corrected chi connectivity index (χ1v) is 4.99. The van der Waals surface area contributed by atoms with Crippen LogP contribution < -0.4 is 0 Å². The molecular formula is C9H11N3O4. The maximum Gasteiger partial charge on any atom is 0.374 e. The fourth-order valence-corrected chi connectivity index (χ4v) is 1.83. The molecule has 1 aromatic rings. The van der Waals surface area contributed by atoms with Gasteiger partial charge >= 0.3 is 5.97 Å². The molecular weight excluding hydrogens is 214 g/mol. The first kappa shape index (κ1) is 10.6. The summed E-state index contributed by atoms with van der Waals surface area (Å²) in [5.41, 5.74) is 0.642. The average Bonchev–Trinajstić information content (AvgIpc) is 2.78. The molecule has 2 rings (SSSR count). The van der Waals surface area contributed by atoms with Crippen molar-refractivity contribution in [2.24, 2.45) is 5.29 Å². The maximum atomic E-state index is 10.6. The molecule has 7 heteroatoms. The fraction of sp³-hybridized carbons (Fsp3) is 0.556. The van der Waals surface area contributed by atoms with Crippen molar-refractivity contribution in [3.8, 4) is 0 Å². The van der Waals surface area contributed by atoms with E-state index in [4.69, 9.17) is 5.11 Å². The minimum atomic E-state index is -1.12. The molecule has 0 spiro atoms. The second kappa shape index (κ2) is 4.30. The lowest BCUT2D eigenvalue weighted by molar-refractivity contribution is 0.0652. The van der Waals surface area contributed by atoms with Gasteiger partial charge in [-0.25, -0.2) is 4.79 Å². The van der Waals surface area contributed by atoms with E-state index in [1.165, 1.54) is 11.1 Å². The molecule has 0 atom stereocenters. The number of aromatic carboxylic acids is 1. The van der Waals surface area contributed by atoms with Crippen LogP contribution in [0.1, 0.15) is 35.0 Å². The van der Waals surface area contributed by atoms with Crippen molar-refractivity contribution >= 4 is 5.97 Å². The van der Waals surface area contributed by atoms with Crippen LogP contribution in [0.5, 0.6) is 0 Å². The second-order valence-electron chi connectivity index (χ2n) is 3.73. The van der Waals surface area contributed by atoms with Gasteiger partial charge in [-0.05, 0) is 12.8 Å². The van der Waals surface area contributed by atoms with Gasteiger partial charge in [0.25, 0.3) is 0 Å². The van der Waals surface area contributed by atoms with Crippen molar-refractivity contribution in [2.75, 3.05) is 13.1 Å². The molecule has 1 aromatic heterocycles. The Bertz CT molecular complexity index is 395. The SMILES string of the molecule is O=NN1CCC(c2cc(C(=O)O)on2)CC1. The van der Waals surface area contributed by atoms with Crippen molar-refractivity contribution in [3.05, 3.63) is 22.4 Å². The van der Waals surface area contributed by atoms with Crippen molar-refractivity contribution in [1.82, 2.24) is 10.2 Å². The third-order valence-electron chi connectivity index (χ3n) is 2.74. The van der Waals surface area contributed by atoms with Gasteiger partial charge < -0.3 is 9.63 Å². The van der Waals surface area contributed by atoms with E-state index in [9.17, 15) is 9.70 Å². The van der Waals surface area contributed by atoms with E-state index in [-0.39, 0.29) is 11.7 Å². The number of hydrogen-bond donors (Lipinski definition) is 1. The lowest BCUT2D eigenvalue weighted by Crippen LogP contribution is -2.28. The Labute approximate surface area is 91.0 Å². The molecule has 2 heterocycles. The molecule has 0 saturated carbocycles. The number of nitrogens with zero attached hydrogens (tertiary/aromatic N) is 3. The zero-order valence-corrected chi connectivity index (χ0v) is 8.50. The van der Waals surface area contributed by atoms with Crippen molar-refractivity contribution in [2.45, 2.75) is 18.8 Å². The number of rotatable bonds is 3. The molecule has 86 valence electrons. The van der Waals surface area contributed by atoms with Gasteiger partial charge in [0, 0.05) is 25.1 Å². The van der Waals surface area contributed by atoms with E-state index in [1.807, 2.05) is 0 Å². The highest BCUT2D eigenvalue weighted by atomic mass is 16.5. The average molecular weight is 225 g/mol. The maximum absolute atomic E-state index is 10.6. The Kier molecular flexibility index (Phi) is 2.84. The van der Waals surface area contributed by atoms with E-state index in [0.29, 0.717) is 18.8 Å². The zero-order chi connectivity index (χ0) is 11.5. The number of carbonyl (C=O) groups is 1. The molecule has 1 saturated heterocycles. The molecule has 16 heavy (non-hydrogen) atoms. The summed E-state index contributed by atoms with van der Waals surface area (Å²) in [6.07, 6.45) is 1.47. The molecule has 0 aliphatic carbocycles. The first-order chi connectivity index (χ1) is 7.70. The number of carboxylic acids is 1. The van der Waals surface area contributed by atoms with E-state index in [1.54, 1.807) is 0 Å². The fourth-order valence-electron chi connectivity index (χ4n) is 1.83. The third kappa shape index (κ3) is 2.02. The Morgan fingerprint density at radius 3 is 2.75 bits per heavy atom. The number of hydrogen-bond acceptors (Lipinski definition) is 5.